The van der Waals surface area contributed by atoms with Gasteiger partial charge < -0.3 is 10.0 Å². The predicted octanol–water partition coefficient (Wildman–Crippen LogP) is 1.12. The summed E-state index contributed by atoms with van der Waals surface area (Å²) in [6, 6.07) is 7.70. The predicted molar refractivity (Wildman–Crippen MR) is 77.7 cm³/mol. The van der Waals surface area contributed by atoms with Gasteiger partial charge in [0, 0.05) is 13.1 Å². The Morgan fingerprint density at radius 3 is 2.64 bits per heavy atom. The van der Waals surface area contributed by atoms with Crippen LogP contribution in [-0.4, -0.2) is 50.0 Å². The SMILES string of the molecule is Cc1ccc(-n2cc(C(=O)N3CC[C@H](C(=O)O)C3)nn2)cc1. The van der Waals surface area contributed by atoms with Gasteiger partial charge in [-0.3, -0.25) is 9.59 Å². The highest BCUT2D eigenvalue weighted by Crippen LogP contribution is 2.18. The third-order valence-corrected chi connectivity index (χ3v) is 3.84. The van der Waals surface area contributed by atoms with Crippen LogP contribution in [0.15, 0.2) is 30.5 Å². The number of carbonyl (C=O) groups is 2. The van der Waals surface area contributed by atoms with Crippen molar-refractivity contribution in [2.24, 2.45) is 5.92 Å². The first-order chi connectivity index (χ1) is 10.5. The van der Waals surface area contributed by atoms with Gasteiger partial charge in [-0.05, 0) is 25.5 Å². The standard InChI is InChI=1S/C15H16N4O3/c1-10-2-4-12(5-3-10)19-9-13(16-17-19)14(20)18-7-6-11(8-18)15(21)22/h2-5,9,11H,6-8H2,1H3,(H,21,22)/t11-/m0/s1. The molecule has 2 heterocycles. The molecule has 0 aliphatic carbocycles. The molecule has 0 unspecified atom stereocenters. The number of likely N-dealkylation sites (tertiary alicyclic amines) is 1. The van der Waals surface area contributed by atoms with Crippen molar-refractivity contribution in [3.63, 3.8) is 0 Å². The number of amides is 1. The number of carboxylic acid groups (broad SMARTS) is 1. The van der Waals surface area contributed by atoms with Crippen LogP contribution >= 0.6 is 0 Å². The molecule has 0 radical (unpaired) electrons. The monoisotopic (exact) mass is 300 g/mol. The Labute approximate surface area is 127 Å². The van der Waals surface area contributed by atoms with E-state index in [1.165, 1.54) is 9.58 Å². The Morgan fingerprint density at radius 2 is 2.00 bits per heavy atom. The van der Waals surface area contributed by atoms with Crippen molar-refractivity contribution in [2.45, 2.75) is 13.3 Å². The highest BCUT2D eigenvalue weighted by Gasteiger charge is 2.32. The summed E-state index contributed by atoms with van der Waals surface area (Å²) in [5.41, 5.74) is 2.19. The molecule has 7 heteroatoms. The first kappa shape index (κ1) is 14.2. The minimum atomic E-state index is -0.862. The molecule has 3 rings (SSSR count). The molecule has 1 aliphatic rings. The van der Waals surface area contributed by atoms with Crippen LogP contribution in [0.4, 0.5) is 0 Å². The maximum absolute atomic E-state index is 12.3. The van der Waals surface area contributed by atoms with E-state index in [0.29, 0.717) is 13.0 Å². The summed E-state index contributed by atoms with van der Waals surface area (Å²) in [5.74, 6) is -1.63. The largest absolute Gasteiger partial charge is 0.481 e. The zero-order valence-corrected chi connectivity index (χ0v) is 12.1. The average molecular weight is 300 g/mol. The van der Waals surface area contributed by atoms with Crippen molar-refractivity contribution < 1.29 is 14.7 Å². The minimum Gasteiger partial charge on any atom is -0.481 e. The van der Waals surface area contributed by atoms with E-state index in [1.807, 2.05) is 31.2 Å². The number of rotatable bonds is 3. The molecule has 1 N–H and O–H groups in total. The number of hydrogen-bond donors (Lipinski definition) is 1. The first-order valence-corrected chi connectivity index (χ1v) is 7.06. The smallest absolute Gasteiger partial charge is 0.308 e. The normalized spacial score (nSPS) is 17.7. The van der Waals surface area contributed by atoms with Gasteiger partial charge in [0.1, 0.15) is 0 Å². The topological polar surface area (TPSA) is 88.3 Å². The van der Waals surface area contributed by atoms with Gasteiger partial charge in [-0.15, -0.1) is 5.10 Å². The molecule has 1 fully saturated rings. The van der Waals surface area contributed by atoms with E-state index in [2.05, 4.69) is 10.3 Å². The van der Waals surface area contributed by atoms with E-state index in [0.717, 1.165) is 11.3 Å². The third-order valence-electron chi connectivity index (χ3n) is 3.84. The van der Waals surface area contributed by atoms with E-state index in [4.69, 9.17) is 5.11 Å². The van der Waals surface area contributed by atoms with Crippen LogP contribution in [-0.2, 0) is 4.79 Å². The molecule has 2 aromatic rings. The first-order valence-electron chi connectivity index (χ1n) is 7.06. The fourth-order valence-corrected chi connectivity index (χ4v) is 2.49. The van der Waals surface area contributed by atoms with Crippen molar-refractivity contribution in [1.82, 2.24) is 19.9 Å². The lowest BCUT2D eigenvalue weighted by molar-refractivity contribution is -0.141. The molecule has 0 saturated carbocycles. The van der Waals surface area contributed by atoms with Crippen molar-refractivity contribution in [1.29, 1.82) is 0 Å². The van der Waals surface area contributed by atoms with Crippen molar-refractivity contribution in [3.8, 4) is 5.69 Å². The number of benzene rings is 1. The van der Waals surface area contributed by atoms with E-state index in [9.17, 15) is 9.59 Å². The Bertz CT molecular complexity index is 708. The molecule has 0 spiro atoms. The molecule has 1 aromatic heterocycles. The summed E-state index contributed by atoms with van der Waals surface area (Å²) in [4.78, 5) is 24.8. The summed E-state index contributed by atoms with van der Waals surface area (Å²) in [7, 11) is 0. The second-order valence-corrected chi connectivity index (χ2v) is 5.46. The summed E-state index contributed by atoms with van der Waals surface area (Å²) >= 11 is 0. The highest BCUT2D eigenvalue weighted by atomic mass is 16.4. The van der Waals surface area contributed by atoms with E-state index < -0.39 is 11.9 Å². The maximum Gasteiger partial charge on any atom is 0.308 e. The molecule has 1 atom stereocenters. The highest BCUT2D eigenvalue weighted by molar-refractivity contribution is 5.92. The fourth-order valence-electron chi connectivity index (χ4n) is 2.49. The van der Waals surface area contributed by atoms with Gasteiger partial charge in [-0.2, -0.15) is 0 Å². The van der Waals surface area contributed by atoms with E-state index >= 15 is 0 Å². The molecule has 1 aliphatic heterocycles. The quantitative estimate of drug-likeness (QED) is 0.917. The van der Waals surface area contributed by atoms with Crippen molar-refractivity contribution in [2.75, 3.05) is 13.1 Å². The van der Waals surface area contributed by atoms with Gasteiger partial charge in [0.05, 0.1) is 17.8 Å². The lowest BCUT2D eigenvalue weighted by Gasteiger charge is -2.13. The summed E-state index contributed by atoms with van der Waals surface area (Å²) in [5, 5.41) is 16.9. The van der Waals surface area contributed by atoms with Gasteiger partial charge in [0.2, 0.25) is 0 Å². The fraction of sp³-hybridized carbons (Fsp3) is 0.333. The van der Waals surface area contributed by atoms with Gasteiger partial charge in [0.25, 0.3) is 5.91 Å². The second kappa shape index (κ2) is 5.59. The van der Waals surface area contributed by atoms with E-state index in [1.54, 1.807) is 6.20 Å². The number of aromatic nitrogens is 3. The Balaban J connectivity index is 1.75. The van der Waals surface area contributed by atoms with Crippen molar-refractivity contribution >= 4 is 11.9 Å². The number of aliphatic carboxylic acids is 1. The maximum atomic E-state index is 12.3. The lowest BCUT2D eigenvalue weighted by Crippen LogP contribution is -2.30. The molecule has 1 aromatic carbocycles. The van der Waals surface area contributed by atoms with E-state index in [-0.39, 0.29) is 18.1 Å². The number of hydrogen-bond acceptors (Lipinski definition) is 4. The van der Waals surface area contributed by atoms with Crippen LogP contribution in [0.25, 0.3) is 5.69 Å². The minimum absolute atomic E-state index is 0.228. The molecule has 0 bridgehead atoms. The Morgan fingerprint density at radius 1 is 1.27 bits per heavy atom. The molecular weight excluding hydrogens is 284 g/mol. The summed E-state index contributed by atoms with van der Waals surface area (Å²) < 4.78 is 1.54. The molecule has 114 valence electrons. The van der Waals surface area contributed by atoms with Crippen LogP contribution in [0, 0.1) is 12.8 Å². The second-order valence-electron chi connectivity index (χ2n) is 5.46. The van der Waals surface area contributed by atoms with Crippen LogP contribution in [0.2, 0.25) is 0 Å². The van der Waals surface area contributed by atoms with Gasteiger partial charge in [0.15, 0.2) is 5.69 Å². The summed E-state index contributed by atoms with van der Waals surface area (Å²) in [6.07, 6.45) is 2.05. The van der Waals surface area contributed by atoms with Crippen LogP contribution in [0.3, 0.4) is 0 Å². The zero-order valence-electron chi connectivity index (χ0n) is 12.1. The lowest BCUT2D eigenvalue weighted by atomic mass is 10.1. The summed E-state index contributed by atoms with van der Waals surface area (Å²) in [6.45, 7) is 2.66. The van der Waals surface area contributed by atoms with Gasteiger partial charge in [-0.1, -0.05) is 22.9 Å². The average Bonchev–Trinajstić information content (AvgIpc) is 3.17. The zero-order chi connectivity index (χ0) is 15.7. The van der Waals surface area contributed by atoms with Gasteiger partial charge >= 0.3 is 5.97 Å². The number of carbonyl (C=O) groups excluding carboxylic acids is 1. The number of nitrogens with zero attached hydrogens (tertiary/aromatic N) is 4. The molecule has 1 saturated heterocycles. The van der Waals surface area contributed by atoms with Crippen LogP contribution in [0.5, 0.6) is 0 Å². The van der Waals surface area contributed by atoms with Crippen LogP contribution in [0.1, 0.15) is 22.5 Å². The Hall–Kier alpha value is -2.70. The Kier molecular flexibility index (Phi) is 3.62. The van der Waals surface area contributed by atoms with Crippen molar-refractivity contribution in [3.05, 3.63) is 41.7 Å². The number of aryl methyl sites for hydroxylation is 1. The van der Waals surface area contributed by atoms with Gasteiger partial charge in [-0.25, -0.2) is 4.68 Å². The molecule has 7 nitrogen and oxygen atoms in total. The number of carboxylic acids is 1. The molecular formula is C15H16N4O3. The van der Waals surface area contributed by atoms with Crippen LogP contribution < -0.4 is 0 Å². The molecule has 1 amide bonds. The third kappa shape index (κ3) is 2.69. The molecule has 22 heavy (non-hydrogen) atoms.